The summed E-state index contributed by atoms with van der Waals surface area (Å²) in [5.74, 6) is 0.177. The van der Waals surface area contributed by atoms with E-state index < -0.39 is 18.3 Å². The third kappa shape index (κ3) is 8.87. The minimum absolute atomic E-state index is 0.0530. The second kappa shape index (κ2) is 14.6. The van der Waals surface area contributed by atoms with E-state index in [1.54, 1.807) is 78.9 Å². The minimum Gasteiger partial charge on any atom is -0.508 e. The molecule has 8 nitrogen and oxygen atoms in total. The maximum absolute atomic E-state index is 13.0. The molecule has 9 heteroatoms. The summed E-state index contributed by atoms with van der Waals surface area (Å²) in [4.78, 5) is 25.5. The number of halogens is 1. The van der Waals surface area contributed by atoms with Gasteiger partial charge in [0, 0.05) is 15.7 Å². The van der Waals surface area contributed by atoms with Crippen LogP contribution in [0.1, 0.15) is 24.5 Å². The van der Waals surface area contributed by atoms with E-state index in [2.05, 4.69) is 26.6 Å². The zero-order chi connectivity index (χ0) is 29.0. The molecule has 2 atom stereocenters. The number of allylic oxidation sites excluding steroid dienone is 1. The fourth-order valence-corrected chi connectivity index (χ4v) is 4.44. The number of benzene rings is 4. The van der Waals surface area contributed by atoms with Crippen LogP contribution in [0.25, 0.3) is 0 Å². The van der Waals surface area contributed by atoms with Gasteiger partial charge >= 0.3 is 6.09 Å². The molecule has 0 radical (unpaired) electrons. The molecule has 0 aliphatic carbocycles. The zero-order valence-electron chi connectivity index (χ0n) is 22.1. The maximum Gasteiger partial charge on any atom is 0.412 e. The Kier molecular flexibility index (Phi) is 10.4. The van der Waals surface area contributed by atoms with Crippen molar-refractivity contribution in [3.05, 3.63) is 125 Å². The number of nitrogens with one attached hydrogen (secondary N) is 2. The Morgan fingerprint density at radius 2 is 1.59 bits per heavy atom. The maximum atomic E-state index is 13.0. The lowest BCUT2D eigenvalue weighted by molar-refractivity contribution is -0.111. The van der Waals surface area contributed by atoms with Crippen molar-refractivity contribution in [3.63, 3.8) is 0 Å². The lowest BCUT2D eigenvalue weighted by atomic mass is 9.99. The summed E-state index contributed by atoms with van der Waals surface area (Å²) in [7, 11) is 0. The van der Waals surface area contributed by atoms with E-state index in [4.69, 9.17) is 15.2 Å². The Bertz CT molecular complexity index is 1480. The number of hydrogen-bond acceptors (Lipinski definition) is 6. The van der Waals surface area contributed by atoms with Gasteiger partial charge in [0.25, 0.3) is 0 Å². The highest BCUT2D eigenvalue weighted by Gasteiger charge is 2.31. The van der Waals surface area contributed by atoms with Crippen molar-refractivity contribution in [3.8, 4) is 11.5 Å². The summed E-state index contributed by atoms with van der Waals surface area (Å²) in [5, 5.41) is 16.2. The molecule has 0 bridgehead atoms. The Morgan fingerprint density at radius 1 is 0.902 bits per heavy atom. The number of para-hydroxylation sites is 4. The number of amides is 2. The standard InChI is InChI=1S/C32H30BrN3O5/c33-22-19-20-28(37)25(21-22)31(41-32(39)35-23-11-3-1-4-12-23)29(40-24-13-5-2-6-14-24)17-9-10-18-30(38)36-27-16-8-7-15-26(27)34/h1-8,10-16,18-21,29,31,37H,9,17,34H2,(H,35,39)(H,36,38)/b18-10+/t29-,31-/m0/s1. The molecule has 41 heavy (non-hydrogen) atoms. The number of nitrogens with two attached hydrogens (primary N) is 1. The monoisotopic (exact) mass is 615 g/mol. The average molecular weight is 617 g/mol. The van der Waals surface area contributed by atoms with Crippen LogP contribution in [-0.2, 0) is 9.53 Å². The predicted molar refractivity (Wildman–Crippen MR) is 164 cm³/mol. The highest BCUT2D eigenvalue weighted by Crippen LogP contribution is 2.36. The first kappa shape index (κ1) is 29.2. The number of carbonyl (C=O) groups excluding carboxylic acids is 2. The smallest absolute Gasteiger partial charge is 0.412 e. The molecule has 2 amide bonds. The van der Waals surface area contributed by atoms with Crippen molar-refractivity contribution in [2.45, 2.75) is 25.0 Å². The molecule has 0 aliphatic heterocycles. The van der Waals surface area contributed by atoms with Crippen LogP contribution < -0.4 is 21.1 Å². The third-order valence-corrected chi connectivity index (χ3v) is 6.52. The van der Waals surface area contributed by atoms with Crippen molar-refractivity contribution < 1.29 is 24.2 Å². The lowest BCUT2D eigenvalue weighted by Gasteiger charge is -2.28. The Morgan fingerprint density at radius 3 is 2.32 bits per heavy atom. The van der Waals surface area contributed by atoms with Crippen molar-refractivity contribution in [2.75, 3.05) is 16.4 Å². The molecule has 0 fully saturated rings. The van der Waals surface area contributed by atoms with E-state index in [0.29, 0.717) is 45.7 Å². The molecule has 0 spiro atoms. The summed E-state index contributed by atoms with van der Waals surface area (Å²) >= 11 is 3.44. The third-order valence-electron chi connectivity index (χ3n) is 6.02. The Labute approximate surface area is 246 Å². The second-order valence-electron chi connectivity index (χ2n) is 9.05. The largest absolute Gasteiger partial charge is 0.508 e. The molecule has 210 valence electrons. The van der Waals surface area contributed by atoms with Gasteiger partial charge in [0.05, 0.1) is 11.4 Å². The topological polar surface area (TPSA) is 123 Å². The molecule has 4 rings (SSSR count). The lowest BCUT2D eigenvalue weighted by Crippen LogP contribution is -2.31. The molecular weight excluding hydrogens is 586 g/mol. The number of ether oxygens (including phenoxy) is 2. The van der Waals surface area contributed by atoms with Crippen LogP contribution in [0.2, 0.25) is 0 Å². The van der Waals surface area contributed by atoms with E-state index in [1.165, 1.54) is 12.1 Å². The van der Waals surface area contributed by atoms with Crippen molar-refractivity contribution in [1.29, 1.82) is 0 Å². The van der Waals surface area contributed by atoms with Gasteiger partial charge in [-0.25, -0.2) is 4.79 Å². The van der Waals surface area contributed by atoms with Crippen LogP contribution in [-0.4, -0.2) is 23.2 Å². The minimum atomic E-state index is -0.997. The number of phenolic OH excluding ortho intramolecular Hbond substituents is 1. The Balaban J connectivity index is 1.55. The summed E-state index contributed by atoms with van der Waals surface area (Å²) in [6, 6.07) is 29.9. The van der Waals surface area contributed by atoms with E-state index in [9.17, 15) is 14.7 Å². The van der Waals surface area contributed by atoms with Gasteiger partial charge in [-0.2, -0.15) is 0 Å². The van der Waals surface area contributed by atoms with E-state index >= 15 is 0 Å². The molecule has 0 unspecified atom stereocenters. The van der Waals surface area contributed by atoms with Crippen molar-refractivity contribution >= 4 is 45.0 Å². The fraction of sp³-hybridized carbons (Fsp3) is 0.125. The van der Waals surface area contributed by atoms with Crippen LogP contribution >= 0.6 is 15.9 Å². The molecule has 5 N–H and O–H groups in total. The van der Waals surface area contributed by atoms with E-state index in [-0.39, 0.29) is 11.7 Å². The van der Waals surface area contributed by atoms with Crippen LogP contribution in [0.5, 0.6) is 11.5 Å². The molecule has 0 aromatic heterocycles. The van der Waals surface area contributed by atoms with Gasteiger partial charge < -0.3 is 25.6 Å². The summed E-state index contributed by atoms with van der Waals surface area (Å²) in [6.07, 6.45) is 1.45. The molecular formula is C32H30BrN3O5. The molecule has 0 aliphatic rings. The van der Waals surface area contributed by atoms with Gasteiger partial charge in [-0.15, -0.1) is 0 Å². The Hall–Kier alpha value is -4.76. The quantitative estimate of drug-likeness (QED) is 0.103. The highest BCUT2D eigenvalue weighted by molar-refractivity contribution is 9.10. The average Bonchev–Trinajstić information content (AvgIpc) is 2.97. The van der Waals surface area contributed by atoms with Gasteiger partial charge in [0.2, 0.25) is 5.91 Å². The van der Waals surface area contributed by atoms with E-state index in [0.717, 1.165) is 0 Å². The molecule has 4 aromatic carbocycles. The summed E-state index contributed by atoms with van der Waals surface area (Å²) in [6.45, 7) is 0. The number of carbonyl (C=O) groups is 2. The number of hydrogen-bond donors (Lipinski definition) is 4. The zero-order valence-corrected chi connectivity index (χ0v) is 23.7. The summed E-state index contributed by atoms with van der Waals surface area (Å²) < 4.78 is 12.9. The number of anilines is 3. The number of aromatic hydroxyl groups is 1. The van der Waals surface area contributed by atoms with Gasteiger partial charge in [0.15, 0.2) is 6.10 Å². The molecule has 0 saturated carbocycles. The van der Waals surface area contributed by atoms with Crippen LogP contribution in [0.4, 0.5) is 21.9 Å². The van der Waals surface area contributed by atoms with Gasteiger partial charge in [-0.1, -0.05) is 70.5 Å². The number of nitrogen functional groups attached to an aromatic ring is 1. The number of phenols is 1. The first-order valence-corrected chi connectivity index (χ1v) is 13.7. The SMILES string of the molecule is Nc1ccccc1NC(=O)/C=C/CC[C@H](Oc1ccccc1)[C@@H](OC(=O)Nc1ccccc1)c1cc(Br)ccc1O. The van der Waals surface area contributed by atoms with Crippen molar-refractivity contribution in [1.82, 2.24) is 0 Å². The van der Waals surface area contributed by atoms with Gasteiger partial charge in [-0.3, -0.25) is 10.1 Å². The highest BCUT2D eigenvalue weighted by atomic mass is 79.9. The van der Waals surface area contributed by atoms with Gasteiger partial charge in [-0.05, 0) is 73.5 Å². The second-order valence-corrected chi connectivity index (χ2v) is 9.96. The molecule has 4 aromatic rings. The normalized spacial score (nSPS) is 12.3. The molecule has 0 saturated heterocycles. The van der Waals surface area contributed by atoms with Gasteiger partial charge in [0.1, 0.15) is 17.6 Å². The summed E-state index contributed by atoms with van der Waals surface area (Å²) in [5.41, 5.74) is 7.82. The fourth-order valence-electron chi connectivity index (χ4n) is 4.06. The first-order valence-electron chi connectivity index (χ1n) is 12.9. The molecule has 0 heterocycles. The van der Waals surface area contributed by atoms with E-state index in [1.807, 2.05) is 24.3 Å². The number of rotatable bonds is 11. The van der Waals surface area contributed by atoms with Crippen LogP contribution in [0.3, 0.4) is 0 Å². The van der Waals surface area contributed by atoms with Crippen LogP contribution in [0, 0.1) is 0 Å². The van der Waals surface area contributed by atoms with Crippen molar-refractivity contribution in [2.24, 2.45) is 0 Å². The van der Waals surface area contributed by atoms with Crippen LogP contribution in [0.15, 0.2) is 120 Å². The first-order chi connectivity index (χ1) is 19.9. The predicted octanol–water partition coefficient (Wildman–Crippen LogP) is 7.45.